The molecule has 6 heteroatoms. The SMILES string of the molecule is Fc1ccccc1-n1cccc1[C@H]1[C@H](c2ccccn2)NC(=S)N1C1CCCCC1. The zero-order valence-electron chi connectivity index (χ0n) is 16.7. The van der Waals surface area contributed by atoms with Crippen molar-refractivity contribution in [2.24, 2.45) is 0 Å². The molecule has 1 aliphatic carbocycles. The van der Waals surface area contributed by atoms with E-state index in [9.17, 15) is 4.39 Å². The van der Waals surface area contributed by atoms with E-state index in [1.165, 1.54) is 25.3 Å². The Bertz CT molecular complexity index is 1030. The molecule has 1 N–H and O–H groups in total. The lowest BCUT2D eigenvalue weighted by Crippen LogP contribution is -2.40. The van der Waals surface area contributed by atoms with Gasteiger partial charge in [-0.3, -0.25) is 4.98 Å². The summed E-state index contributed by atoms with van der Waals surface area (Å²) in [6, 6.07) is 17.2. The first-order valence-electron chi connectivity index (χ1n) is 10.7. The minimum Gasteiger partial charge on any atom is -0.352 e. The molecule has 1 saturated heterocycles. The molecule has 2 fully saturated rings. The van der Waals surface area contributed by atoms with Crippen LogP contribution in [0.5, 0.6) is 0 Å². The maximum Gasteiger partial charge on any atom is 0.170 e. The van der Waals surface area contributed by atoms with E-state index in [4.69, 9.17) is 12.2 Å². The Morgan fingerprint density at radius 2 is 1.77 bits per heavy atom. The zero-order valence-corrected chi connectivity index (χ0v) is 17.6. The Morgan fingerprint density at radius 1 is 0.967 bits per heavy atom. The minimum atomic E-state index is -0.234. The molecule has 2 atom stereocenters. The summed E-state index contributed by atoms with van der Waals surface area (Å²) in [5.41, 5.74) is 2.52. The van der Waals surface area contributed by atoms with E-state index in [2.05, 4.69) is 21.3 Å². The quantitative estimate of drug-likeness (QED) is 0.580. The summed E-state index contributed by atoms with van der Waals surface area (Å²) in [5.74, 6) is -0.234. The van der Waals surface area contributed by atoms with Gasteiger partial charge in [-0.05, 0) is 61.5 Å². The Morgan fingerprint density at radius 3 is 2.53 bits per heavy atom. The van der Waals surface area contributed by atoms with Crippen LogP contribution in [-0.4, -0.2) is 25.6 Å². The number of nitrogens with one attached hydrogen (secondary N) is 1. The van der Waals surface area contributed by atoms with Gasteiger partial charge in [0.25, 0.3) is 0 Å². The highest BCUT2D eigenvalue weighted by Gasteiger charge is 2.44. The van der Waals surface area contributed by atoms with Gasteiger partial charge in [-0.1, -0.05) is 37.5 Å². The van der Waals surface area contributed by atoms with Gasteiger partial charge in [0.1, 0.15) is 5.82 Å². The van der Waals surface area contributed by atoms with Crippen molar-refractivity contribution < 1.29 is 4.39 Å². The second kappa shape index (κ2) is 8.19. The van der Waals surface area contributed by atoms with Crippen LogP contribution in [0.2, 0.25) is 0 Å². The summed E-state index contributed by atoms with van der Waals surface area (Å²) < 4.78 is 16.6. The smallest absolute Gasteiger partial charge is 0.170 e. The molecule has 30 heavy (non-hydrogen) atoms. The van der Waals surface area contributed by atoms with Gasteiger partial charge in [-0.2, -0.15) is 0 Å². The zero-order chi connectivity index (χ0) is 20.5. The van der Waals surface area contributed by atoms with Gasteiger partial charge >= 0.3 is 0 Å². The van der Waals surface area contributed by atoms with Crippen molar-refractivity contribution in [2.45, 2.75) is 50.2 Å². The van der Waals surface area contributed by atoms with Crippen LogP contribution in [0.4, 0.5) is 4.39 Å². The van der Waals surface area contributed by atoms with Crippen LogP contribution >= 0.6 is 12.2 Å². The lowest BCUT2D eigenvalue weighted by atomic mass is 9.92. The van der Waals surface area contributed by atoms with Gasteiger partial charge in [0.15, 0.2) is 5.11 Å². The largest absolute Gasteiger partial charge is 0.352 e. The molecule has 1 aliphatic heterocycles. The maximum absolute atomic E-state index is 14.7. The van der Waals surface area contributed by atoms with Crippen molar-refractivity contribution >= 4 is 17.3 Å². The van der Waals surface area contributed by atoms with E-state index < -0.39 is 0 Å². The molecule has 3 heterocycles. The van der Waals surface area contributed by atoms with Crippen molar-refractivity contribution in [1.82, 2.24) is 19.8 Å². The van der Waals surface area contributed by atoms with Crippen molar-refractivity contribution in [3.8, 4) is 5.69 Å². The van der Waals surface area contributed by atoms with E-state index >= 15 is 0 Å². The number of benzene rings is 1. The topological polar surface area (TPSA) is 33.1 Å². The number of aromatic nitrogens is 2. The number of nitrogens with zero attached hydrogens (tertiary/aromatic N) is 3. The van der Waals surface area contributed by atoms with Gasteiger partial charge in [-0.25, -0.2) is 4.39 Å². The number of halogens is 1. The van der Waals surface area contributed by atoms with E-state index in [1.54, 1.807) is 6.07 Å². The highest BCUT2D eigenvalue weighted by Crippen LogP contribution is 2.43. The van der Waals surface area contributed by atoms with Crippen LogP contribution < -0.4 is 5.32 Å². The van der Waals surface area contributed by atoms with E-state index in [0.717, 1.165) is 29.3 Å². The molecule has 2 aliphatic rings. The third kappa shape index (κ3) is 3.39. The molecule has 1 saturated carbocycles. The molecule has 1 aromatic carbocycles. The third-order valence-corrected chi connectivity index (χ3v) is 6.63. The third-order valence-electron chi connectivity index (χ3n) is 6.30. The number of thiocarbonyl (C=S) groups is 1. The van der Waals surface area contributed by atoms with Gasteiger partial charge in [0.2, 0.25) is 0 Å². The number of hydrogen-bond acceptors (Lipinski definition) is 2. The van der Waals surface area contributed by atoms with E-state index in [1.807, 2.05) is 53.4 Å². The van der Waals surface area contributed by atoms with Crippen molar-refractivity contribution in [3.63, 3.8) is 0 Å². The monoisotopic (exact) mass is 420 g/mol. The molecule has 5 rings (SSSR count). The Kier molecular flexibility index (Phi) is 5.25. The average molecular weight is 421 g/mol. The molecule has 4 nitrogen and oxygen atoms in total. The summed E-state index contributed by atoms with van der Waals surface area (Å²) >= 11 is 5.84. The first-order valence-corrected chi connectivity index (χ1v) is 11.1. The fraction of sp³-hybridized carbons (Fsp3) is 0.333. The molecule has 0 bridgehead atoms. The van der Waals surface area contributed by atoms with E-state index in [-0.39, 0.29) is 17.9 Å². The van der Waals surface area contributed by atoms with Crippen molar-refractivity contribution in [1.29, 1.82) is 0 Å². The van der Waals surface area contributed by atoms with Gasteiger partial charge in [0, 0.05) is 24.1 Å². The average Bonchev–Trinajstić information content (AvgIpc) is 3.39. The fourth-order valence-corrected chi connectivity index (χ4v) is 5.33. The molecule has 0 spiro atoms. The number of rotatable bonds is 4. The molecule has 0 radical (unpaired) electrons. The van der Waals surface area contributed by atoms with Gasteiger partial charge in [-0.15, -0.1) is 0 Å². The summed E-state index contributed by atoms with van der Waals surface area (Å²) in [6.07, 6.45) is 9.74. The number of pyridine rings is 1. The van der Waals surface area contributed by atoms with Crippen LogP contribution in [0, 0.1) is 5.82 Å². The van der Waals surface area contributed by atoms with E-state index in [0.29, 0.717) is 11.7 Å². The molecule has 154 valence electrons. The predicted molar refractivity (Wildman–Crippen MR) is 120 cm³/mol. The summed E-state index contributed by atoms with van der Waals surface area (Å²) in [6.45, 7) is 0. The minimum absolute atomic E-state index is 0.0508. The standard InChI is InChI=1S/C24H25FN4S/c25-18-11-4-5-13-20(18)28-16-8-14-21(28)23-22(19-12-6-7-15-26-19)27-24(30)29(23)17-9-2-1-3-10-17/h4-8,11-17,22-23H,1-3,9-10H2,(H,27,30)/t22-,23-/m0/s1. The second-order valence-corrected chi connectivity index (χ2v) is 8.47. The lowest BCUT2D eigenvalue weighted by Gasteiger charge is -2.37. The van der Waals surface area contributed by atoms with Crippen LogP contribution in [0.3, 0.4) is 0 Å². The van der Waals surface area contributed by atoms with Crippen LogP contribution in [-0.2, 0) is 0 Å². The summed E-state index contributed by atoms with van der Waals surface area (Å²) in [7, 11) is 0. The number of hydrogen-bond donors (Lipinski definition) is 1. The molecule has 3 aromatic rings. The highest BCUT2D eigenvalue weighted by atomic mass is 32.1. The summed E-state index contributed by atoms with van der Waals surface area (Å²) in [5, 5.41) is 4.30. The second-order valence-electron chi connectivity index (χ2n) is 8.08. The highest BCUT2D eigenvalue weighted by molar-refractivity contribution is 7.80. The normalized spacial score (nSPS) is 22.3. The van der Waals surface area contributed by atoms with Crippen molar-refractivity contribution in [3.05, 3.63) is 84.2 Å². The van der Waals surface area contributed by atoms with Crippen LogP contribution in [0.25, 0.3) is 5.69 Å². The van der Waals surface area contributed by atoms with Gasteiger partial charge < -0.3 is 14.8 Å². The predicted octanol–water partition coefficient (Wildman–Crippen LogP) is 5.32. The first kappa shape index (κ1) is 19.2. The maximum atomic E-state index is 14.7. The van der Waals surface area contributed by atoms with Crippen molar-refractivity contribution in [2.75, 3.05) is 0 Å². The Hall–Kier alpha value is -2.73. The fourth-order valence-electron chi connectivity index (χ4n) is 4.94. The summed E-state index contributed by atoms with van der Waals surface area (Å²) in [4.78, 5) is 6.98. The lowest BCUT2D eigenvalue weighted by molar-refractivity contribution is 0.193. The molecule has 2 aromatic heterocycles. The first-order chi connectivity index (χ1) is 14.7. The van der Waals surface area contributed by atoms with Gasteiger partial charge in [0.05, 0.1) is 23.5 Å². The van der Waals surface area contributed by atoms with Crippen LogP contribution in [0.1, 0.15) is 55.6 Å². The Balaban J connectivity index is 1.62. The molecular weight excluding hydrogens is 395 g/mol. The van der Waals surface area contributed by atoms with Crippen LogP contribution in [0.15, 0.2) is 67.0 Å². The number of para-hydroxylation sites is 1. The Labute approximate surface area is 181 Å². The molecule has 0 amide bonds. The molecular formula is C24H25FN4S. The molecule has 0 unspecified atom stereocenters.